The second-order valence-electron chi connectivity index (χ2n) is 4.08. The zero-order valence-electron chi connectivity index (χ0n) is 9.36. The third kappa shape index (κ3) is 3.55. The number of carboxylic acid groups (broad SMARTS) is 1. The molecule has 0 atom stereocenters. The van der Waals surface area contributed by atoms with Crippen LogP contribution in [-0.2, 0) is 0 Å². The molecule has 0 aliphatic heterocycles. The van der Waals surface area contributed by atoms with Gasteiger partial charge in [0.05, 0.1) is 0 Å². The molecule has 4 heteroatoms. The molecule has 0 spiro atoms. The summed E-state index contributed by atoms with van der Waals surface area (Å²) in [5.74, 6) is -0.173. The predicted octanol–water partition coefficient (Wildman–Crippen LogP) is 2.93. The summed E-state index contributed by atoms with van der Waals surface area (Å²) >= 11 is 1.28. The van der Waals surface area contributed by atoms with Gasteiger partial charge in [0.25, 0.3) is 0 Å². The highest BCUT2D eigenvalue weighted by molar-refractivity contribution is 7.12. The molecule has 0 amide bonds. The maximum Gasteiger partial charge on any atom is 0.345 e. The summed E-state index contributed by atoms with van der Waals surface area (Å²) in [6.45, 7) is 5.34. The van der Waals surface area contributed by atoms with Crippen LogP contribution in [0.4, 0.5) is 5.69 Å². The minimum Gasteiger partial charge on any atom is -0.477 e. The Morgan fingerprint density at radius 2 is 2.27 bits per heavy atom. The van der Waals surface area contributed by atoms with Gasteiger partial charge in [-0.25, -0.2) is 4.79 Å². The normalized spacial score (nSPS) is 10.7. The van der Waals surface area contributed by atoms with Gasteiger partial charge >= 0.3 is 5.97 Å². The summed E-state index contributed by atoms with van der Waals surface area (Å²) in [6.07, 6.45) is 1.12. The Bertz CT molecular complexity index is 333. The number of carboxylic acids is 1. The van der Waals surface area contributed by atoms with Crippen molar-refractivity contribution in [2.75, 3.05) is 18.5 Å². The Morgan fingerprint density at radius 3 is 2.73 bits per heavy atom. The Hall–Kier alpha value is -1.03. The number of carbonyl (C=O) groups is 1. The molecular formula is C11H17NO2S. The van der Waals surface area contributed by atoms with Crippen molar-refractivity contribution in [3.8, 4) is 0 Å². The summed E-state index contributed by atoms with van der Waals surface area (Å²) < 4.78 is 0. The number of anilines is 1. The van der Waals surface area contributed by atoms with Crippen LogP contribution >= 0.6 is 11.3 Å². The molecule has 0 aromatic carbocycles. The van der Waals surface area contributed by atoms with Crippen LogP contribution in [0.15, 0.2) is 11.4 Å². The van der Waals surface area contributed by atoms with Crippen LogP contribution in [0, 0.1) is 5.92 Å². The zero-order valence-corrected chi connectivity index (χ0v) is 10.2. The first-order valence-electron chi connectivity index (χ1n) is 5.03. The predicted molar refractivity (Wildman–Crippen MR) is 64.0 cm³/mol. The highest BCUT2D eigenvalue weighted by Gasteiger charge is 2.09. The van der Waals surface area contributed by atoms with Gasteiger partial charge < -0.3 is 10.0 Å². The average Bonchev–Trinajstić information content (AvgIpc) is 2.62. The number of aromatic carboxylic acids is 1. The van der Waals surface area contributed by atoms with Crippen molar-refractivity contribution in [1.82, 2.24) is 0 Å². The van der Waals surface area contributed by atoms with Crippen LogP contribution < -0.4 is 4.90 Å². The van der Waals surface area contributed by atoms with E-state index in [1.807, 2.05) is 12.4 Å². The lowest BCUT2D eigenvalue weighted by atomic mass is 10.1. The quantitative estimate of drug-likeness (QED) is 0.840. The van der Waals surface area contributed by atoms with E-state index in [-0.39, 0.29) is 0 Å². The molecule has 1 aromatic heterocycles. The Kier molecular flexibility index (Phi) is 4.15. The summed E-state index contributed by atoms with van der Waals surface area (Å²) in [4.78, 5) is 13.2. The molecule has 0 saturated heterocycles. The average molecular weight is 227 g/mol. The molecule has 1 aromatic rings. The second kappa shape index (κ2) is 5.16. The van der Waals surface area contributed by atoms with Crippen molar-refractivity contribution in [1.29, 1.82) is 0 Å². The van der Waals surface area contributed by atoms with E-state index < -0.39 is 5.97 Å². The minimum atomic E-state index is -0.844. The molecule has 1 heterocycles. The first kappa shape index (κ1) is 12.0. The van der Waals surface area contributed by atoms with Gasteiger partial charge in [0, 0.05) is 24.7 Å². The van der Waals surface area contributed by atoms with E-state index in [1.54, 1.807) is 6.07 Å². The smallest absolute Gasteiger partial charge is 0.345 e. The van der Waals surface area contributed by atoms with E-state index in [0.717, 1.165) is 18.7 Å². The number of thiophene rings is 1. The molecular weight excluding hydrogens is 210 g/mol. The molecule has 0 fully saturated rings. The molecule has 15 heavy (non-hydrogen) atoms. The first-order valence-corrected chi connectivity index (χ1v) is 5.91. The highest BCUT2D eigenvalue weighted by Crippen LogP contribution is 2.22. The van der Waals surface area contributed by atoms with Gasteiger partial charge in [-0.15, -0.1) is 11.3 Å². The Balaban J connectivity index is 2.58. The van der Waals surface area contributed by atoms with Crippen LogP contribution in [-0.4, -0.2) is 24.7 Å². The fourth-order valence-corrected chi connectivity index (χ4v) is 2.00. The standard InChI is InChI=1S/C11H17NO2S/c1-8(2)4-5-12(3)9-6-10(11(13)14)15-7-9/h6-8H,4-5H2,1-3H3,(H,13,14). The molecule has 0 radical (unpaired) electrons. The van der Waals surface area contributed by atoms with Crippen molar-refractivity contribution in [3.05, 3.63) is 16.3 Å². The fraction of sp³-hybridized carbons (Fsp3) is 0.545. The zero-order chi connectivity index (χ0) is 11.4. The van der Waals surface area contributed by atoms with Gasteiger partial charge in [-0.2, -0.15) is 0 Å². The van der Waals surface area contributed by atoms with Crippen LogP contribution in [0.5, 0.6) is 0 Å². The molecule has 0 aliphatic rings. The van der Waals surface area contributed by atoms with Crippen LogP contribution in [0.1, 0.15) is 29.9 Å². The lowest BCUT2D eigenvalue weighted by molar-refractivity contribution is 0.0702. The summed E-state index contributed by atoms with van der Waals surface area (Å²) in [6, 6.07) is 1.73. The van der Waals surface area contributed by atoms with E-state index >= 15 is 0 Å². The number of hydrogen-bond donors (Lipinski definition) is 1. The number of rotatable bonds is 5. The molecule has 1 rings (SSSR count). The molecule has 0 aliphatic carbocycles. The Labute approximate surface area is 94.3 Å². The third-order valence-electron chi connectivity index (χ3n) is 2.28. The fourth-order valence-electron chi connectivity index (χ4n) is 1.22. The van der Waals surface area contributed by atoms with Crippen molar-refractivity contribution >= 4 is 23.0 Å². The van der Waals surface area contributed by atoms with Gasteiger partial charge in [-0.3, -0.25) is 0 Å². The van der Waals surface area contributed by atoms with Crippen LogP contribution in [0.25, 0.3) is 0 Å². The van der Waals surface area contributed by atoms with Gasteiger partial charge in [-0.1, -0.05) is 13.8 Å². The summed E-state index contributed by atoms with van der Waals surface area (Å²) in [5.41, 5.74) is 0.998. The van der Waals surface area contributed by atoms with Gasteiger partial charge in [0.15, 0.2) is 0 Å². The summed E-state index contributed by atoms with van der Waals surface area (Å²) in [7, 11) is 2.00. The van der Waals surface area contributed by atoms with Crippen LogP contribution in [0.2, 0.25) is 0 Å². The van der Waals surface area contributed by atoms with Crippen LogP contribution in [0.3, 0.4) is 0 Å². The van der Waals surface area contributed by atoms with Crippen molar-refractivity contribution in [3.63, 3.8) is 0 Å². The molecule has 0 unspecified atom stereocenters. The van der Waals surface area contributed by atoms with E-state index in [1.165, 1.54) is 11.3 Å². The molecule has 84 valence electrons. The summed E-state index contributed by atoms with van der Waals surface area (Å²) in [5, 5.41) is 10.7. The SMILES string of the molecule is CC(C)CCN(C)c1csc(C(=O)O)c1. The number of hydrogen-bond acceptors (Lipinski definition) is 3. The third-order valence-corrected chi connectivity index (χ3v) is 3.18. The lowest BCUT2D eigenvalue weighted by Gasteiger charge is -2.18. The Morgan fingerprint density at radius 1 is 1.60 bits per heavy atom. The molecule has 1 N–H and O–H groups in total. The maximum atomic E-state index is 10.7. The van der Waals surface area contributed by atoms with Gasteiger partial charge in [0.2, 0.25) is 0 Å². The van der Waals surface area contributed by atoms with Crippen molar-refractivity contribution in [2.24, 2.45) is 5.92 Å². The highest BCUT2D eigenvalue weighted by atomic mass is 32.1. The lowest BCUT2D eigenvalue weighted by Crippen LogP contribution is -2.19. The van der Waals surface area contributed by atoms with E-state index in [0.29, 0.717) is 10.8 Å². The van der Waals surface area contributed by atoms with E-state index in [2.05, 4.69) is 18.7 Å². The van der Waals surface area contributed by atoms with E-state index in [4.69, 9.17) is 5.11 Å². The topological polar surface area (TPSA) is 40.5 Å². The number of nitrogens with zero attached hydrogens (tertiary/aromatic N) is 1. The van der Waals surface area contributed by atoms with Crippen molar-refractivity contribution < 1.29 is 9.90 Å². The molecule has 0 bridgehead atoms. The second-order valence-corrected chi connectivity index (χ2v) is 4.99. The van der Waals surface area contributed by atoms with Gasteiger partial charge in [0.1, 0.15) is 4.88 Å². The first-order chi connectivity index (χ1) is 7.00. The minimum absolute atomic E-state index is 0.404. The van der Waals surface area contributed by atoms with E-state index in [9.17, 15) is 4.79 Å². The van der Waals surface area contributed by atoms with Crippen molar-refractivity contribution in [2.45, 2.75) is 20.3 Å². The molecule has 0 saturated carbocycles. The monoisotopic (exact) mass is 227 g/mol. The largest absolute Gasteiger partial charge is 0.477 e. The van der Waals surface area contributed by atoms with Gasteiger partial charge in [-0.05, 0) is 18.4 Å². The molecule has 3 nitrogen and oxygen atoms in total. The maximum absolute atomic E-state index is 10.7.